The van der Waals surface area contributed by atoms with Crippen LogP contribution in [0.4, 0.5) is 4.39 Å². The average molecular weight is 185 g/mol. The molecule has 0 radical (unpaired) electrons. The van der Waals surface area contributed by atoms with Gasteiger partial charge in [-0.2, -0.15) is 0 Å². The molecule has 0 bridgehead atoms. The minimum atomic E-state index is -0.500. The molecule has 0 aromatic carbocycles. The number of alkyl halides is 1. The summed E-state index contributed by atoms with van der Waals surface area (Å²) in [5.41, 5.74) is 0.211. The van der Waals surface area contributed by atoms with Gasteiger partial charge in [-0.05, 0) is 12.8 Å². The minimum absolute atomic E-state index is 0.211. The summed E-state index contributed by atoms with van der Waals surface area (Å²) in [4.78, 5) is 2.34. The first kappa shape index (κ1) is 8.18. The van der Waals surface area contributed by atoms with Gasteiger partial charge in [-0.25, -0.2) is 4.39 Å². The zero-order valence-electron chi connectivity index (χ0n) is 7.75. The zero-order chi connectivity index (χ0) is 9.05. The van der Waals surface area contributed by atoms with Crippen LogP contribution in [0.5, 0.6) is 0 Å². The molecular formula is C10H16FNO. The molecule has 0 amide bonds. The maximum absolute atomic E-state index is 12.8. The second kappa shape index (κ2) is 2.45. The lowest BCUT2D eigenvalue weighted by atomic mass is 10.1. The molecule has 74 valence electrons. The number of aliphatic hydroxyl groups excluding tert-OH is 1. The van der Waals surface area contributed by atoms with E-state index in [1.54, 1.807) is 0 Å². The molecule has 0 aromatic rings. The van der Waals surface area contributed by atoms with E-state index < -0.39 is 6.17 Å². The Balaban J connectivity index is 1.53. The summed E-state index contributed by atoms with van der Waals surface area (Å²) in [5, 5.41) is 9.15. The molecule has 1 aliphatic heterocycles. The van der Waals surface area contributed by atoms with E-state index in [2.05, 4.69) is 4.90 Å². The van der Waals surface area contributed by atoms with Gasteiger partial charge in [0.1, 0.15) is 6.17 Å². The number of fused-ring (bicyclic) bond motifs is 1. The van der Waals surface area contributed by atoms with Crippen molar-refractivity contribution in [2.24, 2.45) is 17.3 Å². The first-order valence-corrected chi connectivity index (χ1v) is 5.21. The molecule has 1 heterocycles. The van der Waals surface area contributed by atoms with Crippen LogP contribution in [0.2, 0.25) is 0 Å². The van der Waals surface area contributed by atoms with Crippen molar-refractivity contribution in [3.8, 4) is 0 Å². The van der Waals surface area contributed by atoms with Gasteiger partial charge < -0.3 is 10.0 Å². The van der Waals surface area contributed by atoms with E-state index in [-0.39, 0.29) is 5.41 Å². The fourth-order valence-electron chi connectivity index (χ4n) is 2.69. The third kappa shape index (κ3) is 1.21. The Bertz CT molecular complexity index is 217. The van der Waals surface area contributed by atoms with Crippen LogP contribution in [0, 0.1) is 17.3 Å². The standard InChI is InChI=1S/C10H16FNO/c11-9-7-3-12(4-8(7)9)5-10(6-13)1-2-10/h7-9,13H,1-6H2/t7-,8+,9?. The highest BCUT2D eigenvalue weighted by atomic mass is 19.1. The second-order valence-corrected chi connectivity index (χ2v) is 5.12. The van der Waals surface area contributed by atoms with E-state index in [0.29, 0.717) is 18.4 Å². The molecule has 3 atom stereocenters. The molecular weight excluding hydrogens is 169 g/mol. The van der Waals surface area contributed by atoms with Crippen LogP contribution in [0.15, 0.2) is 0 Å². The predicted molar refractivity (Wildman–Crippen MR) is 47.1 cm³/mol. The molecule has 0 spiro atoms. The lowest BCUT2D eigenvalue weighted by Crippen LogP contribution is -2.32. The van der Waals surface area contributed by atoms with E-state index in [1.165, 1.54) is 0 Å². The molecule has 3 fully saturated rings. The summed E-state index contributed by atoms with van der Waals surface area (Å²) >= 11 is 0. The number of nitrogens with zero attached hydrogens (tertiary/aromatic N) is 1. The number of hydrogen-bond donors (Lipinski definition) is 1. The maximum atomic E-state index is 12.8. The molecule has 3 aliphatic rings. The smallest absolute Gasteiger partial charge is 0.109 e. The summed E-state index contributed by atoms with van der Waals surface area (Å²) in [6.07, 6.45) is 1.82. The first-order chi connectivity index (χ1) is 6.24. The van der Waals surface area contributed by atoms with Crippen LogP contribution >= 0.6 is 0 Å². The Kier molecular flexibility index (Phi) is 1.54. The molecule has 2 nitrogen and oxygen atoms in total. The van der Waals surface area contributed by atoms with E-state index in [4.69, 9.17) is 5.11 Å². The summed E-state index contributed by atoms with van der Waals surface area (Å²) in [6.45, 7) is 3.20. The van der Waals surface area contributed by atoms with Crippen molar-refractivity contribution in [3.05, 3.63) is 0 Å². The summed E-state index contributed by atoms with van der Waals surface area (Å²) in [6, 6.07) is 0. The molecule has 2 aliphatic carbocycles. The lowest BCUT2D eigenvalue weighted by Gasteiger charge is -2.23. The SMILES string of the molecule is OCC1(CN2C[C@@H]3C(F)[C@@H]3C2)CC1. The second-order valence-electron chi connectivity index (χ2n) is 5.12. The van der Waals surface area contributed by atoms with Crippen LogP contribution in [0.25, 0.3) is 0 Å². The highest BCUT2D eigenvalue weighted by Crippen LogP contribution is 2.51. The molecule has 3 rings (SSSR count). The van der Waals surface area contributed by atoms with E-state index in [0.717, 1.165) is 32.5 Å². The number of rotatable bonds is 3. The Hall–Kier alpha value is -0.150. The molecule has 1 unspecified atom stereocenters. The quantitative estimate of drug-likeness (QED) is 0.698. The van der Waals surface area contributed by atoms with Crippen molar-refractivity contribution in [3.63, 3.8) is 0 Å². The van der Waals surface area contributed by atoms with Crippen LogP contribution in [-0.4, -0.2) is 42.4 Å². The van der Waals surface area contributed by atoms with Crippen molar-refractivity contribution < 1.29 is 9.50 Å². The molecule has 0 aromatic heterocycles. The van der Waals surface area contributed by atoms with Crippen molar-refractivity contribution >= 4 is 0 Å². The van der Waals surface area contributed by atoms with Crippen molar-refractivity contribution in [1.82, 2.24) is 4.90 Å². The van der Waals surface area contributed by atoms with Crippen LogP contribution in [0.3, 0.4) is 0 Å². The van der Waals surface area contributed by atoms with Gasteiger partial charge in [0.05, 0.1) is 0 Å². The molecule has 1 saturated heterocycles. The van der Waals surface area contributed by atoms with E-state index in [1.807, 2.05) is 0 Å². The van der Waals surface area contributed by atoms with Gasteiger partial charge >= 0.3 is 0 Å². The highest BCUT2D eigenvalue weighted by Gasteiger charge is 2.58. The van der Waals surface area contributed by atoms with Crippen LogP contribution in [-0.2, 0) is 0 Å². The average Bonchev–Trinajstić information content (AvgIpc) is 2.94. The first-order valence-electron chi connectivity index (χ1n) is 5.21. The van der Waals surface area contributed by atoms with Gasteiger partial charge in [-0.15, -0.1) is 0 Å². The summed E-state index contributed by atoms with van der Waals surface area (Å²) in [7, 11) is 0. The van der Waals surface area contributed by atoms with Crippen molar-refractivity contribution in [1.29, 1.82) is 0 Å². The molecule has 13 heavy (non-hydrogen) atoms. The highest BCUT2D eigenvalue weighted by molar-refractivity contribution is 5.08. The Morgan fingerprint density at radius 2 is 1.92 bits per heavy atom. The number of hydrogen-bond acceptors (Lipinski definition) is 2. The number of aliphatic hydroxyl groups is 1. The maximum Gasteiger partial charge on any atom is 0.109 e. The van der Waals surface area contributed by atoms with E-state index in [9.17, 15) is 4.39 Å². The van der Waals surface area contributed by atoms with Gasteiger partial charge in [0, 0.05) is 43.5 Å². The number of likely N-dealkylation sites (tertiary alicyclic amines) is 1. The monoisotopic (exact) mass is 185 g/mol. The van der Waals surface area contributed by atoms with Gasteiger partial charge in [0.15, 0.2) is 0 Å². The molecule has 1 N–H and O–H groups in total. The summed E-state index contributed by atoms with van der Waals surface area (Å²) in [5.74, 6) is 0.684. The van der Waals surface area contributed by atoms with E-state index >= 15 is 0 Å². The van der Waals surface area contributed by atoms with Crippen molar-refractivity contribution in [2.45, 2.75) is 19.0 Å². The van der Waals surface area contributed by atoms with Gasteiger partial charge in [-0.3, -0.25) is 0 Å². The third-order valence-corrected chi connectivity index (χ3v) is 4.02. The largest absolute Gasteiger partial charge is 0.396 e. The van der Waals surface area contributed by atoms with Gasteiger partial charge in [0.2, 0.25) is 0 Å². The topological polar surface area (TPSA) is 23.5 Å². The Morgan fingerprint density at radius 1 is 1.31 bits per heavy atom. The van der Waals surface area contributed by atoms with Crippen LogP contribution in [0.1, 0.15) is 12.8 Å². The Labute approximate surface area is 77.7 Å². The zero-order valence-corrected chi connectivity index (χ0v) is 7.75. The fraction of sp³-hybridized carbons (Fsp3) is 1.00. The molecule has 3 heteroatoms. The van der Waals surface area contributed by atoms with Crippen LogP contribution < -0.4 is 0 Å². The fourth-order valence-corrected chi connectivity index (χ4v) is 2.69. The van der Waals surface area contributed by atoms with Gasteiger partial charge in [-0.1, -0.05) is 0 Å². The third-order valence-electron chi connectivity index (χ3n) is 4.02. The normalized spacial score (nSPS) is 46.2. The lowest BCUT2D eigenvalue weighted by molar-refractivity contribution is 0.149. The Morgan fingerprint density at radius 3 is 2.38 bits per heavy atom. The predicted octanol–water partition coefficient (Wildman–Crippen LogP) is 0.659. The number of piperidine rings is 1. The van der Waals surface area contributed by atoms with Crippen molar-refractivity contribution in [2.75, 3.05) is 26.2 Å². The minimum Gasteiger partial charge on any atom is -0.396 e. The number of halogens is 1. The van der Waals surface area contributed by atoms with Gasteiger partial charge in [0.25, 0.3) is 0 Å². The molecule has 2 saturated carbocycles. The summed E-state index contributed by atoms with van der Waals surface area (Å²) < 4.78 is 12.8.